The summed E-state index contributed by atoms with van der Waals surface area (Å²) < 4.78 is 15.8. The van der Waals surface area contributed by atoms with Crippen LogP contribution in [-0.2, 0) is 14.3 Å². The molecule has 1 saturated heterocycles. The van der Waals surface area contributed by atoms with E-state index in [0.29, 0.717) is 44.2 Å². The number of benzene rings is 1. The molecule has 7 heteroatoms. The number of carbonyl (C=O) groups excluding carboxylic acids is 2. The number of carbonyl (C=O) groups is 2. The van der Waals surface area contributed by atoms with Gasteiger partial charge in [-0.15, -0.1) is 0 Å². The molecule has 1 aliphatic rings. The molecule has 0 saturated carbocycles. The van der Waals surface area contributed by atoms with Crippen LogP contribution in [0.2, 0.25) is 0 Å². The summed E-state index contributed by atoms with van der Waals surface area (Å²) in [5.74, 6) is 1.16. The Morgan fingerprint density at radius 1 is 1.18 bits per heavy atom. The summed E-state index contributed by atoms with van der Waals surface area (Å²) in [6.07, 6.45) is 0.477. The van der Waals surface area contributed by atoms with Crippen LogP contribution in [0, 0.1) is 11.8 Å². The van der Waals surface area contributed by atoms with Crippen molar-refractivity contribution in [2.24, 2.45) is 11.8 Å². The van der Waals surface area contributed by atoms with Crippen LogP contribution in [0.4, 0.5) is 0 Å². The molecule has 156 valence electrons. The van der Waals surface area contributed by atoms with E-state index < -0.39 is 0 Å². The van der Waals surface area contributed by atoms with Gasteiger partial charge in [0.15, 0.2) is 0 Å². The lowest BCUT2D eigenvalue weighted by Gasteiger charge is -2.21. The highest BCUT2D eigenvalue weighted by molar-refractivity contribution is 5.83. The summed E-state index contributed by atoms with van der Waals surface area (Å²) in [5.41, 5.74) is 0.912. The molecule has 0 bridgehead atoms. The largest absolute Gasteiger partial charge is 0.497 e. The summed E-state index contributed by atoms with van der Waals surface area (Å²) >= 11 is 0. The molecule has 2 amide bonds. The standard InChI is InChI=1S/C21H32N2O5/c1-14(2)10-20(24)23-12-17(18(13-23)21(25)22-8-9-26-3)16-7-6-15(27-4)11-19(16)28-5/h6-7,11,14,17-18H,8-10,12-13H2,1-5H3,(H,22,25)/t17-,18-/m0/s1. The second-order valence-corrected chi connectivity index (χ2v) is 7.50. The maximum Gasteiger partial charge on any atom is 0.225 e. The molecule has 1 aromatic rings. The Hall–Kier alpha value is -2.28. The van der Waals surface area contributed by atoms with E-state index in [1.165, 1.54) is 0 Å². The number of nitrogens with one attached hydrogen (secondary N) is 1. The van der Waals surface area contributed by atoms with Gasteiger partial charge in [0.1, 0.15) is 11.5 Å². The van der Waals surface area contributed by atoms with Gasteiger partial charge in [0.05, 0.1) is 26.7 Å². The van der Waals surface area contributed by atoms with Gasteiger partial charge < -0.3 is 24.4 Å². The van der Waals surface area contributed by atoms with Crippen LogP contribution in [0.5, 0.6) is 11.5 Å². The minimum absolute atomic E-state index is 0.0697. The van der Waals surface area contributed by atoms with E-state index in [-0.39, 0.29) is 29.6 Å². The predicted octanol–water partition coefficient (Wildman–Crippen LogP) is 2.05. The van der Waals surface area contributed by atoms with Crippen LogP contribution in [-0.4, -0.2) is 64.3 Å². The summed E-state index contributed by atoms with van der Waals surface area (Å²) in [6.45, 7) is 5.84. The quantitative estimate of drug-likeness (QED) is 0.651. The smallest absolute Gasteiger partial charge is 0.225 e. The Morgan fingerprint density at radius 3 is 2.54 bits per heavy atom. The third-order valence-corrected chi connectivity index (χ3v) is 5.04. The zero-order valence-electron chi connectivity index (χ0n) is 17.5. The fraction of sp³-hybridized carbons (Fsp3) is 0.619. The Bertz CT molecular complexity index is 677. The fourth-order valence-electron chi connectivity index (χ4n) is 3.60. The highest BCUT2D eigenvalue weighted by atomic mass is 16.5. The third kappa shape index (κ3) is 5.38. The van der Waals surface area contributed by atoms with E-state index >= 15 is 0 Å². The molecule has 0 aromatic heterocycles. The summed E-state index contributed by atoms with van der Waals surface area (Å²) in [7, 11) is 4.80. The van der Waals surface area contributed by atoms with Gasteiger partial charge in [-0.1, -0.05) is 19.9 Å². The van der Waals surface area contributed by atoms with Crippen LogP contribution in [0.3, 0.4) is 0 Å². The normalized spacial score (nSPS) is 19.0. The zero-order valence-corrected chi connectivity index (χ0v) is 17.5. The zero-order chi connectivity index (χ0) is 20.7. The van der Waals surface area contributed by atoms with Crippen molar-refractivity contribution in [3.05, 3.63) is 23.8 Å². The Morgan fingerprint density at radius 2 is 1.93 bits per heavy atom. The highest BCUT2D eigenvalue weighted by Crippen LogP contribution is 2.39. The molecule has 28 heavy (non-hydrogen) atoms. The van der Waals surface area contributed by atoms with Crippen molar-refractivity contribution in [1.29, 1.82) is 0 Å². The van der Waals surface area contributed by atoms with E-state index in [2.05, 4.69) is 5.32 Å². The van der Waals surface area contributed by atoms with Crippen LogP contribution in [0.1, 0.15) is 31.7 Å². The molecule has 1 aromatic carbocycles. The SMILES string of the molecule is COCCNC(=O)[C@H]1CN(C(=O)CC(C)C)C[C@H]1c1ccc(OC)cc1OC. The first-order valence-electron chi connectivity index (χ1n) is 9.67. The fourth-order valence-corrected chi connectivity index (χ4v) is 3.60. The monoisotopic (exact) mass is 392 g/mol. The minimum Gasteiger partial charge on any atom is -0.497 e. The number of ether oxygens (including phenoxy) is 3. The van der Waals surface area contributed by atoms with Crippen LogP contribution in [0.25, 0.3) is 0 Å². The summed E-state index contributed by atoms with van der Waals surface area (Å²) in [6, 6.07) is 5.60. The Balaban J connectivity index is 2.28. The van der Waals surface area contributed by atoms with Crippen LogP contribution < -0.4 is 14.8 Å². The number of nitrogens with zero attached hydrogens (tertiary/aromatic N) is 1. The minimum atomic E-state index is -0.338. The van der Waals surface area contributed by atoms with E-state index in [0.717, 1.165) is 5.56 Å². The molecule has 0 unspecified atom stereocenters. The van der Waals surface area contributed by atoms with Crippen molar-refractivity contribution in [2.75, 3.05) is 47.6 Å². The van der Waals surface area contributed by atoms with Gasteiger partial charge in [0, 0.05) is 50.7 Å². The van der Waals surface area contributed by atoms with Gasteiger partial charge in [-0.2, -0.15) is 0 Å². The lowest BCUT2D eigenvalue weighted by Crippen LogP contribution is -2.37. The van der Waals surface area contributed by atoms with Crippen molar-refractivity contribution in [3.8, 4) is 11.5 Å². The van der Waals surface area contributed by atoms with Gasteiger partial charge in [-0.3, -0.25) is 9.59 Å². The Labute approximate surface area is 167 Å². The predicted molar refractivity (Wildman–Crippen MR) is 107 cm³/mol. The second-order valence-electron chi connectivity index (χ2n) is 7.50. The molecule has 0 aliphatic carbocycles. The second kappa shape index (κ2) is 10.3. The molecule has 1 N–H and O–H groups in total. The average Bonchev–Trinajstić information content (AvgIpc) is 3.12. The summed E-state index contributed by atoms with van der Waals surface area (Å²) in [5, 5.41) is 2.92. The number of rotatable bonds is 9. The first kappa shape index (κ1) is 22.0. The molecule has 0 spiro atoms. The molecular weight excluding hydrogens is 360 g/mol. The van der Waals surface area contributed by atoms with Crippen molar-refractivity contribution < 1.29 is 23.8 Å². The van der Waals surface area contributed by atoms with Gasteiger partial charge in [0.25, 0.3) is 0 Å². The van der Waals surface area contributed by atoms with Crippen molar-refractivity contribution >= 4 is 11.8 Å². The molecule has 1 heterocycles. The average molecular weight is 392 g/mol. The third-order valence-electron chi connectivity index (χ3n) is 5.04. The molecule has 0 radical (unpaired) electrons. The number of hydrogen-bond donors (Lipinski definition) is 1. The molecule has 7 nitrogen and oxygen atoms in total. The van der Waals surface area contributed by atoms with Crippen molar-refractivity contribution in [1.82, 2.24) is 10.2 Å². The molecule has 2 atom stereocenters. The van der Waals surface area contributed by atoms with Gasteiger partial charge in [-0.05, 0) is 12.0 Å². The van der Waals surface area contributed by atoms with Gasteiger partial charge in [0.2, 0.25) is 11.8 Å². The topological polar surface area (TPSA) is 77.1 Å². The van der Waals surface area contributed by atoms with E-state index in [4.69, 9.17) is 14.2 Å². The van der Waals surface area contributed by atoms with Crippen molar-refractivity contribution in [3.63, 3.8) is 0 Å². The van der Waals surface area contributed by atoms with E-state index in [1.807, 2.05) is 32.0 Å². The Kier molecular flexibility index (Phi) is 8.11. The maximum atomic E-state index is 12.8. The van der Waals surface area contributed by atoms with E-state index in [1.54, 1.807) is 26.2 Å². The number of amides is 2. The molecule has 2 rings (SSSR count). The first-order chi connectivity index (χ1) is 13.4. The van der Waals surface area contributed by atoms with Crippen LogP contribution >= 0.6 is 0 Å². The first-order valence-corrected chi connectivity index (χ1v) is 9.67. The molecule has 1 fully saturated rings. The van der Waals surface area contributed by atoms with Gasteiger partial charge >= 0.3 is 0 Å². The van der Waals surface area contributed by atoms with E-state index in [9.17, 15) is 9.59 Å². The van der Waals surface area contributed by atoms with Gasteiger partial charge in [-0.25, -0.2) is 0 Å². The molecule has 1 aliphatic heterocycles. The highest BCUT2D eigenvalue weighted by Gasteiger charge is 2.41. The lowest BCUT2D eigenvalue weighted by atomic mass is 9.87. The number of likely N-dealkylation sites (tertiary alicyclic amines) is 1. The van der Waals surface area contributed by atoms with Crippen molar-refractivity contribution in [2.45, 2.75) is 26.2 Å². The lowest BCUT2D eigenvalue weighted by molar-refractivity contribution is -0.131. The maximum absolute atomic E-state index is 12.8. The number of hydrogen-bond acceptors (Lipinski definition) is 5. The summed E-state index contributed by atoms with van der Waals surface area (Å²) in [4.78, 5) is 27.3. The number of methoxy groups -OCH3 is 3. The molecular formula is C21H32N2O5. The van der Waals surface area contributed by atoms with Crippen LogP contribution in [0.15, 0.2) is 18.2 Å².